The van der Waals surface area contributed by atoms with Crippen molar-refractivity contribution in [2.45, 2.75) is 68.7 Å². The number of amides is 1. The predicted molar refractivity (Wildman–Crippen MR) is 125 cm³/mol. The minimum Gasteiger partial charge on any atom is -0.390 e. The Morgan fingerprint density at radius 2 is 2.06 bits per heavy atom. The van der Waals surface area contributed by atoms with Crippen LogP contribution in [0.25, 0.3) is 17.5 Å². The lowest BCUT2D eigenvalue weighted by Gasteiger charge is -2.58. The zero-order valence-electron chi connectivity index (χ0n) is 19.5. The van der Waals surface area contributed by atoms with Gasteiger partial charge in [-0.05, 0) is 56.3 Å². The number of aliphatic hydroxyl groups is 1. The molecule has 9 heteroatoms. The zero-order chi connectivity index (χ0) is 23.3. The molecular weight excluding hydrogens is 446 g/mol. The van der Waals surface area contributed by atoms with E-state index < -0.39 is 5.60 Å². The van der Waals surface area contributed by atoms with Crippen molar-refractivity contribution in [2.75, 3.05) is 18.5 Å². The maximum Gasteiger partial charge on any atom is 0.316 e. The third-order valence-corrected chi connectivity index (χ3v) is 9.36. The number of allylic oxidation sites excluding steroid dienone is 1. The van der Waals surface area contributed by atoms with Crippen LogP contribution in [0.15, 0.2) is 16.8 Å². The molecule has 2 aliphatic heterocycles. The topological polar surface area (TPSA) is 114 Å². The van der Waals surface area contributed by atoms with E-state index in [1.54, 1.807) is 4.90 Å². The number of pyridine rings is 1. The molecular formula is C26H29N5O4. The average molecular weight is 476 g/mol. The zero-order valence-corrected chi connectivity index (χ0v) is 19.5. The van der Waals surface area contributed by atoms with Gasteiger partial charge >= 0.3 is 11.8 Å². The van der Waals surface area contributed by atoms with Gasteiger partial charge in [-0.25, -0.2) is 0 Å². The van der Waals surface area contributed by atoms with Crippen LogP contribution in [0, 0.1) is 17.8 Å². The van der Waals surface area contributed by atoms with Gasteiger partial charge < -0.3 is 24.6 Å². The molecule has 2 saturated heterocycles. The number of hydrogen-bond acceptors (Lipinski definition) is 8. The van der Waals surface area contributed by atoms with Crippen LogP contribution in [0.4, 0.5) is 5.69 Å². The Labute approximate surface area is 202 Å². The molecule has 5 aliphatic carbocycles. The van der Waals surface area contributed by atoms with Crippen LogP contribution < -0.4 is 5.32 Å². The van der Waals surface area contributed by atoms with Gasteiger partial charge in [0.2, 0.25) is 5.82 Å². The fourth-order valence-electron chi connectivity index (χ4n) is 8.10. The summed E-state index contributed by atoms with van der Waals surface area (Å²) in [6.07, 6.45) is 12.9. The van der Waals surface area contributed by atoms with Crippen molar-refractivity contribution in [1.29, 1.82) is 0 Å². The fourth-order valence-corrected chi connectivity index (χ4v) is 8.10. The number of fused-ring (bicyclic) bond motifs is 3. The minimum atomic E-state index is -0.472. The van der Waals surface area contributed by atoms with Gasteiger partial charge in [-0.15, -0.1) is 0 Å². The van der Waals surface area contributed by atoms with E-state index in [4.69, 9.17) is 9.26 Å². The quantitative estimate of drug-likeness (QED) is 0.694. The Bertz CT molecular complexity index is 1240. The Morgan fingerprint density at radius 1 is 1.20 bits per heavy atom. The van der Waals surface area contributed by atoms with Gasteiger partial charge in [0.15, 0.2) is 0 Å². The molecule has 35 heavy (non-hydrogen) atoms. The maximum absolute atomic E-state index is 13.1. The first-order valence-electron chi connectivity index (χ1n) is 13.0. The smallest absolute Gasteiger partial charge is 0.316 e. The Kier molecular flexibility index (Phi) is 4.16. The molecule has 6 fully saturated rings. The van der Waals surface area contributed by atoms with Crippen molar-refractivity contribution < 1.29 is 19.2 Å². The molecule has 4 heterocycles. The van der Waals surface area contributed by atoms with Crippen LogP contribution in [0.5, 0.6) is 0 Å². The van der Waals surface area contributed by atoms with Crippen molar-refractivity contribution in [3.63, 3.8) is 0 Å². The maximum atomic E-state index is 13.1. The van der Waals surface area contributed by atoms with Gasteiger partial charge in [0, 0.05) is 30.8 Å². The first kappa shape index (κ1) is 20.4. The van der Waals surface area contributed by atoms with E-state index in [1.165, 1.54) is 12.8 Å². The Hall–Kier alpha value is -2.78. The standard InChI is InChI=1S/C26H29N5O4/c32-25(31-11-17-6-16(31)12-34-17)24-29-23(30-35-24)19-10-27-20-3-1-2-18(20)22(19)28-21-14-4-13-5-15(21)9-26(33,7-13)8-14/h1-2,10,13-17,21,33H,3-9,11-12H2,(H,27,28)/t13?,14-,15+,16-,17-,21?,26?/m0/s1. The summed E-state index contributed by atoms with van der Waals surface area (Å²) in [5.74, 6) is 1.75. The highest BCUT2D eigenvalue weighted by molar-refractivity contribution is 5.91. The van der Waals surface area contributed by atoms with Crippen molar-refractivity contribution in [3.05, 3.63) is 29.4 Å². The van der Waals surface area contributed by atoms with E-state index in [0.29, 0.717) is 42.8 Å². The number of morpholine rings is 1. The van der Waals surface area contributed by atoms with Crippen LogP contribution in [-0.4, -0.2) is 68.0 Å². The monoisotopic (exact) mass is 475 g/mol. The van der Waals surface area contributed by atoms with Gasteiger partial charge in [0.1, 0.15) is 0 Å². The van der Waals surface area contributed by atoms with Crippen molar-refractivity contribution in [3.8, 4) is 11.4 Å². The Morgan fingerprint density at radius 3 is 2.80 bits per heavy atom. The SMILES string of the molecule is O=C(c1nc(-c2cnc3c(c2NC2[C@@H]4CC5C[C@H]2CC(O)(C5)C4)C=CC3)no1)N1C[C@@H]2C[C@H]1CO2. The van der Waals surface area contributed by atoms with Gasteiger partial charge in [0.25, 0.3) is 0 Å². The largest absolute Gasteiger partial charge is 0.390 e. The molecule has 0 aromatic carbocycles. The molecule has 7 aliphatic rings. The van der Waals surface area contributed by atoms with E-state index in [-0.39, 0.29) is 23.9 Å². The molecule has 3 unspecified atom stereocenters. The summed E-state index contributed by atoms with van der Waals surface area (Å²) >= 11 is 0. The van der Waals surface area contributed by atoms with E-state index in [1.807, 2.05) is 6.20 Å². The first-order valence-corrected chi connectivity index (χ1v) is 13.0. The lowest BCUT2D eigenvalue weighted by Crippen LogP contribution is -2.59. The van der Waals surface area contributed by atoms with Crippen LogP contribution in [0.2, 0.25) is 0 Å². The number of carbonyl (C=O) groups excluding carboxylic acids is 1. The van der Waals surface area contributed by atoms with E-state index in [0.717, 1.165) is 54.6 Å². The normalized spacial score (nSPS) is 37.9. The van der Waals surface area contributed by atoms with Gasteiger partial charge in [-0.3, -0.25) is 9.78 Å². The number of likely N-dealkylation sites (tertiary alicyclic amines) is 1. The number of ether oxygens (including phenoxy) is 1. The van der Waals surface area contributed by atoms with E-state index >= 15 is 0 Å². The van der Waals surface area contributed by atoms with Crippen LogP contribution in [0.1, 0.15) is 60.5 Å². The summed E-state index contributed by atoms with van der Waals surface area (Å²) in [5.41, 5.74) is 3.37. The van der Waals surface area contributed by atoms with E-state index in [2.05, 4.69) is 32.6 Å². The second kappa shape index (κ2) is 7.13. The number of nitrogens with zero attached hydrogens (tertiary/aromatic N) is 4. The number of carbonyl (C=O) groups is 1. The fraction of sp³-hybridized carbons (Fsp3) is 0.615. The molecule has 9 nitrogen and oxygen atoms in total. The molecule has 7 atom stereocenters. The predicted octanol–water partition coefficient (Wildman–Crippen LogP) is 2.67. The molecule has 0 radical (unpaired) electrons. The molecule has 1 amide bonds. The van der Waals surface area contributed by atoms with Gasteiger partial charge in [-0.2, -0.15) is 4.98 Å². The number of anilines is 1. The molecule has 2 aromatic heterocycles. The summed E-state index contributed by atoms with van der Waals surface area (Å²) in [4.78, 5) is 24.1. The van der Waals surface area contributed by atoms with Crippen molar-refractivity contribution in [1.82, 2.24) is 20.0 Å². The summed E-state index contributed by atoms with van der Waals surface area (Å²) in [7, 11) is 0. The van der Waals surface area contributed by atoms with Gasteiger partial charge in [0.05, 0.1) is 41.3 Å². The van der Waals surface area contributed by atoms with Crippen LogP contribution in [-0.2, 0) is 11.2 Å². The van der Waals surface area contributed by atoms with Gasteiger partial charge in [-0.1, -0.05) is 17.3 Å². The number of aromatic nitrogens is 3. The first-order chi connectivity index (χ1) is 17.0. The highest BCUT2D eigenvalue weighted by Crippen LogP contribution is 2.56. The molecule has 0 spiro atoms. The number of rotatable bonds is 4. The van der Waals surface area contributed by atoms with E-state index in [9.17, 15) is 9.90 Å². The average Bonchev–Trinajstić information content (AvgIpc) is 3.63. The molecule has 182 valence electrons. The number of hydrogen-bond donors (Lipinski definition) is 2. The lowest BCUT2D eigenvalue weighted by molar-refractivity contribution is -0.129. The molecule has 2 N–H and O–H groups in total. The minimum absolute atomic E-state index is 0.0198. The third-order valence-electron chi connectivity index (χ3n) is 9.36. The molecule has 2 aromatic rings. The highest BCUT2D eigenvalue weighted by Gasteiger charge is 2.55. The molecule has 4 saturated carbocycles. The second-order valence-corrected chi connectivity index (χ2v) is 11.6. The summed E-state index contributed by atoms with van der Waals surface area (Å²) in [6.45, 7) is 1.16. The lowest BCUT2D eigenvalue weighted by atomic mass is 9.52. The van der Waals surface area contributed by atoms with Crippen LogP contribution in [0.3, 0.4) is 0 Å². The summed E-state index contributed by atoms with van der Waals surface area (Å²) in [5, 5.41) is 19.1. The number of nitrogens with one attached hydrogen (secondary N) is 1. The highest BCUT2D eigenvalue weighted by atomic mass is 16.5. The Balaban J connectivity index is 1.13. The van der Waals surface area contributed by atoms with Crippen molar-refractivity contribution in [2.24, 2.45) is 17.8 Å². The summed E-state index contributed by atoms with van der Waals surface area (Å²) < 4.78 is 11.1. The third kappa shape index (κ3) is 3.07. The second-order valence-electron chi connectivity index (χ2n) is 11.6. The van der Waals surface area contributed by atoms with Crippen LogP contribution >= 0.6 is 0 Å². The summed E-state index contributed by atoms with van der Waals surface area (Å²) in [6, 6.07) is 0.401. The molecule has 9 rings (SSSR count). The molecule has 6 bridgehead atoms. The van der Waals surface area contributed by atoms with Crippen molar-refractivity contribution >= 4 is 17.7 Å².